The molecular weight excluding hydrogens is 314 g/mol. The topological polar surface area (TPSA) is 29.9 Å². The highest BCUT2D eigenvalue weighted by atomic mass is 79.9. The van der Waals surface area contributed by atoms with E-state index in [1.165, 1.54) is 16.8 Å². The Hall–Kier alpha value is -1.13. The van der Waals surface area contributed by atoms with Crippen molar-refractivity contribution in [2.45, 2.75) is 39.8 Å². The van der Waals surface area contributed by atoms with E-state index in [4.69, 9.17) is 0 Å². The van der Waals surface area contributed by atoms with E-state index >= 15 is 0 Å². The quantitative estimate of drug-likeness (QED) is 0.906. The van der Waals surface area contributed by atoms with Gasteiger partial charge in [-0.1, -0.05) is 28.1 Å². The van der Waals surface area contributed by atoms with E-state index in [1.807, 2.05) is 11.7 Å². The number of benzene rings is 1. The van der Waals surface area contributed by atoms with Crippen LogP contribution < -0.4 is 5.32 Å². The van der Waals surface area contributed by atoms with Crippen molar-refractivity contribution in [1.82, 2.24) is 15.1 Å². The van der Waals surface area contributed by atoms with Crippen molar-refractivity contribution in [3.8, 4) is 0 Å². The third-order valence-corrected chi connectivity index (χ3v) is 4.34. The highest BCUT2D eigenvalue weighted by Crippen LogP contribution is 2.25. The molecule has 0 spiro atoms. The Kier molecular flexibility index (Phi) is 4.66. The molecule has 0 aliphatic carbocycles. The number of aryl methyl sites for hydroxylation is 2. The predicted octanol–water partition coefficient (Wildman–Crippen LogP) is 4.21. The first-order valence-electron chi connectivity index (χ1n) is 6.91. The van der Waals surface area contributed by atoms with Crippen LogP contribution in [-0.2, 0) is 7.05 Å². The van der Waals surface area contributed by atoms with Crippen molar-refractivity contribution in [3.05, 3.63) is 51.3 Å². The molecule has 3 nitrogen and oxygen atoms in total. The van der Waals surface area contributed by atoms with Crippen molar-refractivity contribution in [1.29, 1.82) is 0 Å². The van der Waals surface area contributed by atoms with E-state index in [0.29, 0.717) is 6.04 Å². The Morgan fingerprint density at radius 2 is 1.90 bits per heavy atom. The molecule has 0 aliphatic heterocycles. The lowest BCUT2D eigenvalue weighted by Gasteiger charge is -2.21. The zero-order valence-electron chi connectivity index (χ0n) is 12.7. The van der Waals surface area contributed by atoms with Gasteiger partial charge in [-0.05, 0) is 45.4 Å². The lowest BCUT2D eigenvalue weighted by Crippen LogP contribution is -2.23. The molecule has 108 valence electrons. The first kappa shape index (κ1) is 15.3. The highest BCUT2D eigenvalue weighted by molar-refractivity contribution is 9.10. The fraction of sp³-hybridized carbons (Fsp3) is 0.438. The van der Waals surface area contributed by atoms with Crippen LogP contribution in [0.4, 0.5) is 0 Å². The molecule has 0 saturated heterocycles. The van der Waals surface area contributed by atoms with Gasteiger partial charge in [0.05, 0.1) is 5.69 Å². The largest absolute Gasteiger partial charge is 0.304 e. The molecule has 20 heavy (non-hydrogen) atoms. The van der Waals surface area contributed by atoms with Gasteiger partial charge in [-0.25, -0.2) is 0 Å². The van der Waals surface area contributed by atoms with Gasteiger partial charge < -0.3 is 5.32 Å². The number of nitrogens with zero attached hydrogens (tertiary/aromatic N) is 2. The Labute approximate surface area is 129 Å². The summed E-state index contributed by atoms with van der Waals surface area (Å²) in [6.07, 6.45) is 0. The SMILES string of the molecule is Cc1nn(C)c(C)c1C(C)N[C@@H](C)c1cccc(Br)c1. The molecule has 0 radical (unpaired) electrons. The van der Waals surface area contributed by atoms with E-state index < -0.39 is 0 Å². The maximum atomic E-state index is 4.49. The Bertz CT molecular complexity index is 604. The first-order valence-corrected chi connectivity index (χ1v) is 7.71. The van der Waals surface area contributed by atoms with Gasteiger partial charge in [0.25, 0.3) is 0 Å². The Morgan fingerprint density at radius 1 is 1.20 bits per heavy atom. The maximum absolute atomic E-state index is 4.49. The molecule has 1 N–H and O–H groups in total. The Morgan fingerprint density at radius 3 is 2.45 bits per heavy atom. The zero-order chi connectivity index (χ0) is 14.9. The smallest absolute Gasteiger partial charge is 0.0644 e. The van der Waals surface area contributed by atoms with Crippen molar-refractivity contribution < 1.29 is 0 Å². The number of hydrogen-bond acceptors (Lipinski definition) is 2. The van der Waals surface area contributed by atoms with E-state index in [2.05, 4.69) is 78.3 Å². The summed E-state index contributed by atoms with van der Waals surface area (Å²) in [5.41, 5.74) is 4.91. The third kappa shape index (κ3) is 3.13. The summed E-state index contributed by atoms with van der Waals surface area (Å²) in [5, 5.41) is 8.16. The molecule has 1 aromatic heterocycles. The second kappa shape index (κ2) is 6.10. The van der Waals surface area contributed by atoms with Crippen molar-refractivity contribution >= 4 is 15.9 Å². The minimum absolute atomic E-state index is 0.276. The fourth-order valence-corrected chi connectivity index (χ4v) is 3.16. The van der Waals surface area contributed by atoms with Gasteiger partial charge >= 0.3 is 0 Å². The summed E-state index contributed by atoms with van der Waals surface area (Å²) in [4.78, 5) is 0. The summed E-state index contributed by atoms with van der Waals surface area (Å²) in [6, 6.07) is 9.00. The predicted molar refractivity (Wildman–Crippen MR) is 86.8 cm³/mol. The summed E-state index contributed by atoms with van der Waals surface area (Å²) in [5.74, 6) is 0. The van der Waals surface area contributed by atoms with Crippen LogP contribution in [0, 0.1) is 13.8 Å². The van der Waals surface area contributed by atoms with Crippen LogP contribution in [0.25, 0.3) is 0 Å². The van der Waals surface area contributed by atoms with Gasteiger partial charge in [-0.15, -0.1) is 0 Å². The van der Waals surface area contributed by atoms with Gasteiger partial charge in [0, 0.05) is 34.9 Å². The first-order chi connectivity index (χ1) is 9.40. The summed E-state index contributed by atoms with van der Waals surface area (Å²) < 4.78 is 3.07. The third-order valence-electron chi connectivity index (χ3n) is 3.85. The molecule has 0 bridgehead atoms. The second-order valence-corrected chi connectivity index (χ2v) is 6.29. The minimum atomic E-state index is 0.276. The molecule has 4 heteroatoms. The lowest BCUT2D eigenvalue weighted by atomic mass is 10.0. The van der Waals surface area contributed by atoms with E-state index in [0.717, 1.165) is 10.2 Å². The molecule has 1 heterocycles. The molecule has 2 aromatic rings. The fourth-order valence-electron chi connectivity index (χ4n) is 2.75. The number of hydrogen-bond donors (Lipinski definition) is 1. The normalized spacial score (nSPS) is 14.3. The monoisotopic (exact) mass is 335 g/mol. The van der Waals surface area contributed by atoms with Gasteiger partial charge in [0.15, 0.2) is 0 Å². The Balaban J connectivity index is 2.17. The van der Waals surface area contributed by atoms with Crippen LogP contribution in [-0.4, -0.2) is 9.78 Å². The van der Waals surface area contributed by atoms with Crippen LogP contribution in [0.5, 0.6) is 0 Å². The van der Waals surface area contributed by atoms with Gasteiger partial charge in [-0.2, -0.15) is 5.10 Å². The van der Waals surface area contributed by atoms with E-state index in [-0.39, 0.29) is 6.04 Å². The van der Waals surface area contributed by atoms with Crippen LogP contribution >= 0.6 is 15.9 Å². The second-order valence-electron chi connectivity index (χ2n) is 5.37. The number of rotatable bonds is 4. The summed E-state index contributed by atoms with van der Waals surface area (Å²) in [6.45, 7) is 8.59. The van der Waals surface area contributed by atoms with Crippen LogP contribution in [0.1, 0.15) is 48.4 Å². The van der Waals surface area contributed by atoms with Crippen molar-refractivity contribution in [2.24, 2.45) is 7.05 Å². The average Bonchev–Trinajstić information content (AvgIpc) is 2.63. The van der Waals surface area contributed by atoms with Gasteiger partial charge in [0.2, 0.25) is 0 Å². The molecule has 2 rings (SSSR count). The summed E-state index contributed by atoms with van der Waals surface area (Å²) >= 11 is 3.53. The molecule has 2 atom stereocenters. The van der Waals surface area contributed by atoms with Gasteiger partial charge in [0.1, 0.15) is 0 Å². The number of nitrogens with one attached hydrogen (secondary N) is 1. The molecule has 0 amide bonds. The van der Waals surface area contributed by atoms with E-state index in [1.54, 1.807) is 0 Å². The van der Waals surface area contributed by atoms with Crippen LogP contribution in [0.2, 0.25) is 0 Å². The molecular formula is C16H22BrN3. The molecule has 0 fully saturated rings. The number of aromatic nitrogens is 2. The molecule has 0 saturated carbocycles. The molecule has 1 unspecified atom stereocenters. The molecule has 0 aliphatic rings. The highest BCUT2D eigenvalue weighted by Gasteiger charge is 2.18. The lowest BCUT2D eigenvalue weighted by molar-refractivity contribution is 0.491. The van der Waals surface area contributed by atoms with Crippen molar-refractivity contribution in [3.63, 3.8) is 0 Å². The van der Waals surface area contributed by atoms with Crippen LogP contribution in [0.15, 0.2) is 28.7 Å². The standard InChI is InChI=1S/C16H22BrN3/c1-10(14-7-6-8-15(17)9-14)18-11(2)16-12(3)19-20(5)13(16)4/h6-11,18H,1-5H3/t10-,11?/m0/s1. The summed E-state index contributed by atoms with van der Waals surface area (Å²) in [7, 11) is 2.00. The van der Waals surface area contributed by atoms with Gasteiger partial charge in [-0.3, -0.25) is 4.68 Å². The van der Waals surface area contributed by atoms with Crippen molar-refractivity contribution in [2.75, 3.05) is 0 Å². The van der Waals surface area contributed by atoms with Crippen LogP contribution in [0.3, 0.4) is 0 Å². The molecule has 1 aromatic carbocycles. The average molecular weight is 336 g/mol. The maximum Gasteiger partial charge on any atom is 0.0644 e. The zero-order valence-corrected chi connectivity index (χ0v) is 14.3. The minimum Gasteiger partial charge on any atom is -0.304 e. The number of halogens is 1. The van der Waals surface area contributed by atoms with E-state index in [9.17, 15) is 0 Å².